The van der Waals surface area contributed by atoms with E-state index < -0.39 is 0 Å². The van der Waals surface area contributed by atoms with Crippen LogP contribution >= 0.6 is 11.3 Å². The van der Waals surface area contributed by atoms with Gasteiger partial charge in [0.2, 0.25) is 0 Å². The van der Waals surface area contributed by atoms with Gasteiger partial charge in [0.25, 0.3) is 5.91 Å². The minimum Gasteiger partial charge on any atom is -0.359 e. The smallest absolute Gasteiger partial charge is 0.271 e. The number of carbonyl (C=O) groups excluding carboxylic acids is 1. The maximum atomic E-state index is 11.8. The molecule has 1 amide bonds. The summed E-state index contributed by atoms with van der Waals surface area (Å²) in [4.78, 5) is 16.0. The van der Waals surface area contributed by atoms with Crippen molar-refractivity contribution in [1.82, 2.24) is 15.5 Å². The Labute approximate surface area is 108 Å². The van der Waals surface area contributed by atoms with E-state index in [0.717, 1.165) is 10.7 Å². The van der Waals surface area contributed by atoms with Gasteiger partial charge in [-0.15, -0.1) is 11.3 Å². The van der Waals surface area contributed by atoms with Gasteiger partial charge in [-0.1, -0.05) is 5.16 Å². The quantitative estimate of drug-likeness (QED) is 0.837. The van der Waals surface area contributed by atoms with Crippen molar-refractivity contribution < 1.29 is 9.32 Å². The largest absolute Gasteiger partial charge is 0.359 e. The molecule has 3 N–H and O–H groups in total. The van der Waals surface area contributed by atoms with E-state index >= 15 is 0 Å². The molecule has 0 aliphatic heterocycles. The predicted octanol–water partition coefficient (Wildman–Crippen LogP) is 0.871. The fourth-order valence-electron chi connectivity index (χ4n) is 1.41. The van der Waals surface area contributed by atoms with Crippen molar-refractivity contribution in [2.45, 2.75) is 19.9 Å². The maximum Gasteiger partial charge on any atom is 0.271 e. The first-order valence-electron chi connectivity index (χ1n) is 5.54. The first-order valence-corrected chi connectivity index (χ1v) is 6.42. The Morgan fingerprint density at radius 3 is 3.11 bits per heavy atom. The van der Waals surface area contributed by atoms with Gasteiger partial charge >= 0.3 is 0 Å². The molecule has 0 aromatic carbocycles. The van der Waals surface area contributed by atoms with Gasteiger partial charge in [0, 0.05) is 17.9 Å². The van der Waals surface area contributed by atoms with Crippen molar-refractivity contribution in [1.29, 1.82) is 0 Å². The van der Waals surface area contributed by atoms with Crippen molar-refractivity contribution in [3.05, 3.63) is 33.6 Å². The van der Waals surface area contributed by atoms with Gasteiger partial charge in [0.05, 0.1) is 17.2 Å². The van der Waals surface area contributed by atoms with Gasteiger partial charge in [0.15, 0.2) is 5.76 Å². The maximum absolute atomic E-state index is 11.8. The summed E-state index contributed by atoms with van der Waals surface area (Å²) in [5.74, 6) is 0.404. The molecule has 0 atom stereocenters. The van der Waals surface area contributed by atoms with Crippen LogP contribution in [0.15, 0.2) is 16.0 Å². The molecule has 2 heterocycles. The summed E-state index contributed by atoms with van der Waals surface area (Å²) in [6.45, 7) is 2.67. The molecular formula is C11H14N4O2S. The number of nitrogens with one attached hydrogen (secondary N) is 1. The van der Waals surface area contributed by atoms with E-state index in [2.05, 4.69) is 15.5 Å². The fraction of sp³-hybridized carbons (Fsp3) is 0.364. The molecule has 0 fully saturated rings. The van der Waals surface area contributed by atoms with E-state index in [-0.39, 0.29) is 5.91 Å². The number of nitrogens with two attached hydrogens (primary N) is 1. The highest BCUT2D eigenvalue weighted by atomic mass is 32.1. The Morgan fingerprint density at radius 1 is 1.61 bits per heavy atom. The van der Waals surface area contributed by atoms with Crippen LogP contribution in [0.3, 0.4) is 0 Å². The average molecular weight is 266 g/mol. The average Bonchev–Trinajstić information content (AvgIpc) is 2.96. The molecule has 0 radical (unpaired) electrons. The third-order valence-electron chi connectivity index (χ3n) is 2.24. The number of hydrogen-bond acceptors (Lipinski definition) is 6. The molecule has 0 saturated heterocycles. The normalized spacial score (nSPS) is 10.6. The molecule has 6 nitrogen and oxygen atoms in total. The topological polar surface area (TPSA) is 94.0 Å². The lowest BCUT2D eigenvalue weighted by Gasteiger charge is -1.98. The number of hydrogen-bond donors (Lipinski definition) is 2. The lowest BCUT2D eigenvalue weighted by Crippen LogP contribution is -2.23. The van der Waals surface area contributed by atoms with Crippen LogP contribution in [0.2, 0.25) is 0 Å². The number of carbonyl (C=O) groups is 1. The van der Waals surface area contributed by atoms with Gasteiger partial charge < -0.3 is 15.6 Å². The molecule has 2 rings (SSSR count). The summed E-state index contributed by atoms with van der Waals surface area (Å²) >= 11 is 1.44. The van der Waals surface area contributed by atoms with Crippen molar-refractivity contribution >= 4 is 17.2 Å². The van der Waals surface area contributed by atoms with Gasteiger partial charge in [0.1, 0.15) is 5.69 Å². The number of nitrogens with zero attached hydrogens (tertiary/aromatic N) is 2. The monoisotopic (exact) mass is 266 g/mol. The molecule has 96 valence electrons. The number of amides is 1. The van der Waals surface area contributed by atoms with Crippen molar-refractivity contribution in [3.63, 3.8) is 0 Å². The second kappa shape index (κ2) is 5.74. The third-order valence-corrected chi connectivity index (χ3v) is 3.15. The molecule has 2 aromatic rings. The molecule has 0 unspecified atom stereocenters. The van der Waals surface area contributed by atoms with Gasteiger partial charge in [-0.2, -0.15) is 0 Å². The lowest BCUT2D eigenvalue weighted by molar-refractivity contribution is 0.0942. The standard InChI is InChI=1S/C11H14N4O2S/c1-7-4-8(17-15-7)5-13-11(16)9-6-18-10(14-9)2-3-12/h4,6H,2-3,5,12H2,1H3,(H,13,16). The van der Waals surface area contributed by atoms with Crippen LogP contribution in [-0.4, -0.2) is 22.6 Å². The molecule has 18 heavy (non-hydrogen) atoms. The van der Waals surface area contributed by atoms with Crippen LogP contribution in [-0.2, 0) is 13.0 Å². The van der Waals surface area contributed by atoms with E-state index in [1.807, 2.05) is 6.92 Å². The summed E-state index contributed by atoms with van der Waals surface area (Å²) in [5.41, 5.74) is 6.64. The van der Waals surface area contributed by atoms with Gasteiger partial charge in [-0.05, 0) is 13.5 Å². The van der Waals surface area contributed by atoms with Crippen LogP contribution in [0.4, 0.5) is 0 Å². The predicted molar refractivity (Wildman–Crippen MR) is 67.3 cm³/mol. The van der Waals surface area contributed by atoms with E-state index in [9.17, 15) is 4.79 Å². The van der Waals surface area contributed by atoms with E-state index in [1.165, 1.54) is 11.3 Å². The van der Waals surface area contributed by atoms with Crippen molar-refractivity contribution in [3.8, 4) is 0 Å². The number of rotatable bonds is 5. The van der Waals surface area contributed by atoms with E-state index in [4.69, 9.17) is 10.3 Å². The van der Waals surface area contributed by atoms with Crippen LogP contribution in [0, 0.1) is 6.92 Å². The highest BCUT2D eigenvalue weighted by Gasteiger charge is 2.11. The molecule has 0 spiro atoms. The second-order valence-corrected chi connectivity index (χ2v) is 4.73. The van der Waals surface area contributed by atoms with Crippen LogP contribution in [0.5, 0.6) is 0 Å². The molecule has 0 aliphatic carbocycles. The summed E-state index contributed by atoms with van der Waals surface area (Å²) in [7, 11) is 0. The first-order chi connectivity index (χ1) is 8.69. The van der Waals surface area contributed by atoms with Crippen LogP contribution in [0.25, 0.3) is 0 Å². The van der Waals surface area contributed by atoms with E-state index in [0.29, 0.717) is 31.0 Å². The molecule has 0 saturated carbocycles. The third kappa shape index (κ3) is 3.14. The summed E-state index contributed by atoms with van der Waals surface area (Å²) in [6, 6.07) is 1.78. The molecule has 0 aliphatic rings. The number of aryl methyl sites for hydroxylation is 1. The van der Waals surface area contributed by atoms with E-state index in [1.54, 1.807) is 11.4 Å². The summed E-state index contributed by atoms with van der Waals surface area (Å²) in [5, 5.41) is 9.07. The Morgan fingerprint density at radius 2 is 2.44 bits per heavy atom. The number of aromatic nitrogens is 2. The molecule has 7 heteroatoms. The molecule has 0 bridgehead atoms. The Balaban J connectivity index is 1.90. The Hall–Kier alpha value is -1.73. The summed E-state index contributed by atoms with van der Waals surface area (Å²) < 4.78 is 5.00. The van der Waals surface area contributed by atoms with Gasteiger partial charge in [-0.25, -0.2) is 4.98 Å². The lowest BCUT2D eigenvalue weighted by atomic mass is 10.3. The van der Waals surface area contributed by atoms with Crippen molar-refractivity contribution in [2.24, 2.45) is 5.73 Å². The zero-order chi connectivity index (χ0) is 13.0. The number of thiazole rings is 1. The van der Waals surface area contributed by atoms with Crippen LogP contribution < -0.4 is 11.1 Å². The first kappa shape index (κ1) is 12.7. The highest BCUT2D eigenvalue weighted by molar-refractivity contribution is 7.09. The SMILES string of the molecule is Cc1cc(CNC(=O)c2csc(CCN)n2)on1. The Bertz CT molecular complexity index is 535. The minimum absolute atomic E-state index is 0.219. The van der Waals surface area contributed by atoms with Gasteiger partial charge in [-0.3, -0.25) is 4.79 Å². The molecular weight excluding hydrogens is 252 g/mol. The highest BCUT2D eigenvalue weighted by Crippen LogP contribution is 2.10. The second-order valence-electron chi connectivity index (χ2n) is 3.78. The minimum atomic E-state index is -0.219. The van der Waals surface area contributed by atoms with Crippen LogP contribution in [0.1, 0.15) is 27.0 Å². The fourth-order valence-corrected chi connectivity index (χ4v) is 2.21. The Kier molecular flexibility index (Phi) is 4.06. The molecule has 2 aromatic heterocycles. The van der Waals surface area contributed by atoms with Crippen molar-refractivity contribution in [2.75, 3.05) is 6.54 Å². The zero-order valence-corrected chi connectivity index (χ0v) is 10.8. The summed E-state index contributed by atoms with van der Waals surface area (Å²) in [6.07, 6.45) is 0.694. The zero-order valence-electron chi connectivity index (χ0n) is 9.97.